The molecule has 2 atom stereocenters. The normalized spacial score (nSPS) is 36.0. The van der Waals surface area contributed by atoms with Crippen LogP contribution in [0.5, 0.6) is 0 Å². The van der Waals surface area contributed by atoms with Gasteiger partial charge in [0.2, 0.25) is 0 Å². The molecule has 1 saturated heterocycles. The molecule has 1 heterocycles. The van der Waals surface area contributed by atoms with E-state index in [1.165, 1.54) is 25.1 Å². The van der Waals surface area contributed by atoms with E-state index in [0.717, 1.165) is 11.8 Å². The average molecular weight is 163 g/mol. The van der Waals surface area contributed by atoms with Crippen molar-refractivity contribution in [1.82, 2.24) is 4.90 Å². The lowest BCUT2D eigenvalue weighted by atomic mass is 9.81. The van der Waals surface area contributed by atoms with Crippen LogP contribution in [0.1, 0.15) is 13.3 Å². The first kappa shape index (κ1) is 8.06. The van der Waals surface area contributed by atoms with E-state index in [9.17, 15) is 0 Å². The van der Waals surface area contributed by atoms with Crippen LogP contribution in [0.15, 0.2) is 23.8 Å². The zero-order valence-corrected chi connectivity index (χ0v) is 7.96. The number of fused-ring (bicyclic) bond motifs is 1. The van der Waals surface area contributed by atoms with E-state index in [4.69, 9.17) is 0 Å². The minimum absolute atomic E-state index is 0.785. The monoisotopic (exact) mass is 163 g/mol. The van der Waals surface area contributed by atoms with E-state index in [1.54, 1.807) is 0 Å². The van der Waals surface area contributed by atoms with Crippen molar-refractivity contribution in [3.63, 3.8) is 0 Å². The number of hydrogen-bond acceptors (Lipinski definition) is 1. The third-order valence-corrected chi connectivity index (χ3v) is 3.00. The minimum atomic E-state index is 0.785. The SMILES string of the molecule is CC1=CC2CCN(C)CC2C=C1. The Labute approximate surface area is 74.8 Å². The summed E-state index contributed by atoms with van der Waals surface area (Å²) in [4.78, 5) is 2.43. The molecule has 0 aromatic rings. The first-order chi connectivity index (χ1) is 5.75. The molecule has 2 rings (SSSR count). The molecule has 1 nitrogen and oxygen atoms in total. The van der Waals surface area contributed by atoms with Crippen LogP contribution in [-0.2, 0) is 0 Å². The van der Waals surface area contributed by atoms with E-state index >= 15 is 0 Å². The molecular weight excluding hydrogens is 146 g/mol. The Morgan fingerprint density at radius 1 is 1.42 bits per heavy atom. The van der Waals surface area contributed by atoms with Crippen molar-refractivity contribution in [3.8, 4) is 0 Å². The summed E-state index contributed by atoms with van der Waals surface area (Å²) in [5.41, 5.74) is 1.45. The van der Waals surface area contributed by atoms with Crippen LogP contribution in [0.4, 0.5) is 0 Å². The molecule has 0 bridgehead atoms. The third-order valence-electron chi connectivity index (χ3n) is 3.00. The van der Waals surface area contributed by atoms with Gasteiger partial charge < -0.3 is 4.90 Å². The Kier molecular flexibility index (Phi) is 2.05. The number of allylic oxidation sites excluding steroid dienone is 3. The topological polar surface area (TPSA) is 3.24 Å². The Morgan fingerprint density at radius 2 is 2.25 bits per heavy atom. The summed E-state index contributed by atoms with van der Waals surface area (Å²) in [6.07, 6.45) is 8.43. The number of nitrogens with zero attached hydrogens (tertiary/aromatic N) is 1. The van der Waals surface area contributed by atoms with Crippen molar-refractivity contribution >= 4 is 0 Å². The third kappa shape index (κ3) is 1.46. The Hall–Kier alpha value is -0.560. The summed E-state index contributed by atoms with van der Waals surface area (Å²) in [6, 6.07) is 0. The summed E-state index contributed by atoms with van der Waals surface area (Å²) in [7, 11) is 2.22. The molecule has 1 aliphatic heterocycles. The Balaban J connectivity index is 2.10. The van der Waals surface area contributed by atoms with Gasteiger partial charge in [0.1, 0.15) is 0 Å². The summed E-state index contributed by atoms with van der Waals surface area (Å²) in [5.74, 6) is 1.61. The zero-order chi connectivity index (χ0) is 8.55. The number of rotatable bonds is 0. The van der Waals surface area contributed by atoms with Crippen LogP contribution in [0.2, 0.25) is 0 Å². The predicted octanol–water partition coefficient (Wildman–Crippen LogP) is 2.07. The van der Waals surface area contributed by atoms with E-state index in [2.05, 4.69) is 37.1 Å². The van der Waals surface area contributed by atoms with Gasteiger partial charge in [0, 0.05) is 6.54 Å². The zero-order valence-electron chi connectivity index (χ0n) is 7.96. The van der Waals surface area contributed by atoms with Gasteiger partial charge in [-0.15, -0.1) is 0 Å². The minimum Gasteiger partial charge on any atom is -0.306 e. The van der Waals surface area contributed by atoms with Crippen LogP contribution < -0.4 is 0 Å². The van der Waals surface area contributed by atoms with Crippen LogP contribution in [-0.4, -0.2) is 25.0 Å². The van der Waals surface area contributed by atoms with Crippen molar-refractivity contribution in [1.29, 1.82) is 0 Å². The van der Waals surface area contributed by atoms with E-state index < -0.39 is 0 Å². The maximum atomic E-state index is 2.44. The fourth-order valence-electron chi connectivity index (χ4n) is 2.25. The molecule has 2 aliphatic rings. The Bertz CT molecular complexity index is 227. The van der Waals surface area contributed by atoms with Gasteiger partial charge in [-0.1, -0.05) is 23.8 Å². The molecule has 0 amide bonds. The van der Waals surface area contributed by atoms with E-state index in [-0.39, 0.29) is 0 Å². The molecule has 1 aliphatic carbocycles. The second-order valence-corrected chi connectivity index (χ2v) is 4.15. The maximum Gasteiger partial charge on any atom is 0.00471 e. The fourth-order valence-corrected chi connectivity index (χ4v) is 2.25. The molecule has 0 aromatic carbocycles. The largest absolute Gasteiger partial charge is 0.306 e. The van der Waals surface area contributed by atoms with Gasteiger partial charge in [0.25, 0.3) is 0 Å². The van der Waals surface area contributed by atoms with Crippen LogP contribution in [0, 0.1) is 11.8 Å². The standard InChI is InChI=1S/C11H17N/c1-9-3-4-11-8-12(2)6-5-10(11)7-9/h3-4,7,10-11H,5-6,8H2,1-2H3. The summed E-state index contributed by atoms with van der Waals surface area (Å²) in [6.45, 7) is 4.70. The predicted molar refractivity (Wildman–Crippen MR) is 52.0 cm³/mol. The highest BCUT2D eigenvalue weighted by Crippen LogP contribution is 2.29. The van der Waals surface area contributed by atoms with Crippen molar-refractivity contribution in [2.75, 3.05) is 20.1 Å². The van der Waals surface area contributed by atoms with Gasteiger partial charge in [-0.25, -0.2) is 0 Å². The summed E-state index contributed by atoms with van der Waals surface area (Å²) >= 11 is 0. The first-order valence-corrected chi connectivity index (χ1v) is 4.81. The van der Waals surface area contributed by atoms with E-state index in [1.807, 2.05) is 0 Å². The van der Waals surface area contributed by atoms with Crippen LogP contribution >= 0.6 is 0 Å². The van der Waals surface area contributed by atoms with Crippen molar-refractivity contribution in [2.45, 2.75) is 13.3 Å². The van der Waals surface area contributed by atoms with Crippen molar-refractivity contribution in [2.24, 2.45) is 11.8 Å². The molecule has 66 valence electrons. The molecule has 0 saturated carbocycles. The maximum absolute atomic E-state index is 2.44. The second kappa shape index (κ2) is 3.06. The molecule has 0 N–H and O–H groups in total. The van der Waals surface area contributed by atoms with Crippen LogP contribution in [0.3, 0.4) is 0 Å². The summed E-state index contributed by atoms with van der Waals surface area (Å²) < 4.78 is 0. The van der Waals surface area contributed by atoms with Crippen molar-refractivity contribution < 1.29 is 0 Å². The molecule has 0 radical (unpaired) electrons. The second-order valence-electron chi connectivity index (χ2n) is 4.15. The molecular formula is C11H17N. The fraction of sp³-hybridized carbons (Fsp3) is 0.636. The van der Waals surface area contributed by atoms with Gasteiger partial charge in [-0.3, -0.25) is 0 Å². The molecule has 2 unspecified atom stereocenters. The molecule has 1 heteroatoms. The molecule has 0 aromatic heterocycles. The number of likely N-dealkylation sites (tertiary alicyclic amines) is 1. The summed E-state index contributed by atoms with van der Waals surface area (Å²) in [5, 5.41) is 0. The number of piperidine rings is 1. The lowest BCUT2D eigenvalue weighted by molar-refractivity contribution is 0.197. The lowest BCUT2D eigenvalue weighted by Gasteiger charge is -2.35. The Morgan fingerprint density at radius 3 is 3.08 bits per heavy atom. The highest BCUT2D eigenvalue weighted by atomic mass is 15.1. The molecule has 0 spiro atoms. The van der Waals surface area contributed by atoms with Gasteiger partial charge in [0.05, 0.1) is 0 Å². The quantitative estimate of drug-likeness (QED) is 0.528. The van der Waals surface area contributed by atoms with Crippen molar-refractivity contribution in [3.05, 3.63) is 23.8 Å². The van der Waals surface area contributed by atoms with Gasteiger partial charge in [-0.05, 0) is 38.8 Å². The van der Waals surface area contributed by atoms with Gasteiger partial charge in [0.15, 0.2) is 0 Å². The first-order valence-electron chi connectivity index (χ1n) is 4.81. The molecule has 1 fully saturated rings. The number of hydrogen-bond donors (Lipinski definition) is 0. The highest BCUT2D eigenvalue weighted by Gasteiger charge is 2.25. The average Bonchev–Trinajstić information content (AvgIpc) is 2.05. The van der Waals surface area contributed by atoms with Crippen LogP contribution in [0.25, 0.3) is 0 Å². The van der Waals surface area contributed by atoms with Gasteiger partial charge in [-0.2, -0.15) is 0 Å². The van der Waals surface area contributed by atoms with E-state index in [0.29, 0.717) is 0 Å². The molecule has 12 heavy (non-hydrogen) atoms. The highest BCUT2D eigenvalue weighted by molar-refractivity contribution is 5.24. The smallest absolute Gasteiger partial charge is 0.00471 e. The lowest BCUT2D eigenvalue weighted by Crippen LogP contribution is -2.37. The van der Waals surface area contributed by atoms with Gasteiger partial charge >= 0.3 is 0 Å².